The molecule has 9 nitrogen and oxygen atoms in total. The highest BCUT2D eigenvalue weighted by molar-refractivity contribution is 7.92. The van der Waals surface area contributed by atoms with Gasteiger partial charge in [-0.15, -0.1) is 0 Å². The van der Waals surface area contributed by atoms with E-state index < -0.39 is 10.0 Å². The molecule has 1 aromatic heterocycles. The normalized spacial score (nSPS) is 12.8. The number of hydrogen-bond acceptors (Lipinski definition) is 7. The highest BCUT2D eigenvalue weighted by atomic mass is 32.2. The zero-order chi connectivity index (χ0) is 22.0. The third-order valence-electron chi connectivity index (χ3n) is 4.64. The number of nitrogens with one attached hydrogen (secondary N) is 2. The summed E-state index contributed by atoms with van der Waals surface area (Å²) in [5.41, 5.74) is 2.45. The van der Waals surface area contributed by atoms with Crippen molar-refractivity contribution < 1.29 is 27.2 Å². The lowest BCUT2D eigenvalue weighted by Gasteiger charge is -2.07. The quantitative estimate of drug-likeness (QED) is 0.562. The Morgan fingerprint density at radius 1 is 1.06 bits per heavy atom. The average molecular weight is 441 g/mol. The van der Waals surface area contributed by atoms with E-state index in [0.717, 1.165) is 5.56 Å². The Morgan fingerprint density at radius 3 is 2.52 bits per heavy atom. The largest absolute Gasteiger partial charge is 0.454 e. The molecule has 0 radical (unpaired) electrons. The summed E-state index contributed by atoms with van der Waals surface area (Å²) in [5.74, 6) is 1.01. The van der Waals surface area contributed by atoms with Crippen molar-refractivity contribution in [2.45, 2.75) is 18.7 Å². The van der Waals surface area contributed by atoms with Crippen LogP contribution in [0.25, 0.3) is 6.08 Å². The standard InChI is InChI=1S/C21H19N3O6S/c1-13-14(2)23-30-21(13)24-31(26,27)17-7-5-16(6-8-17)22-20(25)10-4-15-3-9-18-19(11-15)29-12-28-18/h3-11,24H,12H2,1-2H3,(H,22,25)/b10-4+. The molecule has 0 unspecified atom stereocenters. The van der Waals surface area contributed by atoms with E-state index in [0.29, 0.717) is 28.4 Å². The smallest absolute Gasteiger partial charge is 0.264 e. The van der Waals surface area contributed by atoms with Crippen molar-refractivity contribution in [2.24, 2.45) is 0 Å². The fourth-order valence-corrected chi connectivity index (χ4v) is 3.83. The van der Waals surface area contributed by atoms with Crippen LogP contribution >= 0.6 is 0 Å². The van der Waals surface area contributed by atoms with Gasteiger partial charge < -0.3 is 19.3 Å². The van der Waals surface area contributed by atoms with Gasteiger partial charge in [0.15, 0.2) is 11.5 Å². The van der Waals surface area contributed by atoms with Crippen molar-refractivity contribution in [1.82, 2.24) is 5.16 Å². The minimum atomic E-state index is -3.85. The molecule has 4 rings (SSSR count). The summed E-state index contributed by atoms with van der Waals surface area (Å²) in [6.07, 6.45) is 3.01. The number of fused-ring (bicyclic) bond motifs is 1. The molecule has 10 heteroatoms. The molecule has 31 heavy (non-hydrogen) atoms. The van der Waals surface area contributed by atoms with Gasteiger partial charge in [-0.3, -0.25) is 4.79 Å². The molecular weight excluding hydrogens is 422 g/mol. The predicted octanol–water partition coefficient (Wildman–Crippen LogP) is 3.47. The number of amides is 1. The fourth-order valence-electron chi connectivity index (χ4n) is 2.78. The van der Waals surface area contributed by atoms with Crippen LogP contribution < -0.4 is 19.5 Å². The van der Waals surface area contributed by atoms with E-state index in [1.165, 1.54) is 30.3 Å². The van der Waals surface area contributed by atoms with Gasteiger partial charge in [-0.1, -0.05) is 11.2 Å². The van der Waals surface area contributed by atoms with Gasteiger partial charge in [-0.05, 0) is 61.9 Å². The summed E-state index contributed by atoms with van der Waals surface area (Å²) in [4.78, 5) is 12.2. The number of carbonyl (C=O) groups is 1. The number of hydrogen-bond donors (Lipinski definition) is 2. The number of rotatable bonds is 6. The number of benzene rings is 2. The van der Waals surface area contributed by atoms with Crippen LogP contribution in [0.5, 0.6) is 11.5 Å². The van der Waals surface area contributed by atoms with Gasteiger partial charge in [0.25, 0.3) is 10.0 Å². The number of sulfonamides is 1. The topological polar surface area (TPSA) is 120 Å². The monoisotopic (exact) mass is 441 g/mol. The summed E-state index contributed by atoms with van der Waals surface area (Å²) in [5, 5.41) is 6.41. The summed E-state index contributed by atoms with van der Waals surface area (Å²) in [6.45, 7) is 3.61. The van der Waals surface area contributed by atoms with Crippen LogP contribution in [0.1, 0.15) is 16.8 Å². The van der Waals surface area contributed by atoms with Crippen molar-refractivity contribution in [3.63, 3.8) is 0 Å². The van der Waals surface area contributed by atoms with Crippen LogP contribution in [0, 0.1) is 13.8 Å². The third-order valence-corrected chi connectivity index (χ3v) is 5.99. The van der Waals surface area contributed by atoms with Crippen LogP contribution in [0.2, 0.25) is 0 Å². The summed E-state index contributed by atoms with van der Waals surface area (Å²) >= 11 is 0. The molecule has 0 aliphatic carbocycles. The third kappa shape index (κ3) is 4.53. The van der Waals surface area contributed by atoms with Crippen molar-refractivity contribution in [1.29, 1.82) is 0 Å². The molecule has 2 aromatic carbocycles. The SMILES string of the molecule is Cc1noc(NS(=O)(=O)c2ccc(NC(=O)/C=C/c3ccc4c(c3)OCO4)cc2)c1C. The number of carbonyl (C=O) groups excluding carboxylic acids is 1. The second-order valence-electron chi connectivity index (χ2n) is 6.79. The Bertz CT molecular complexity index is 1260. The fraction of sp³-hybridized carbons (Fsp3) is 0.143. The van der Waals surface area contributed by atoms with E-state index in [1.54, 1.807) is 32.1 Å². The minimum absolute atomic E-state index is 0.0230. The Balaban J connectivity index is 1.39. The van der Waals surface area contributed by atoms with Crippen LogP contribution in [-0.4, -0.2) is 26.3 Å². The highest BCUT2D eigenvalue weighted by Gasteiger charge is 2.19. The van der Waals surface area contributed by atoms with E-state index in [-0.39, 0.29) is 23.5 Å². The highest BCUT2D eigenvalue weighted by Crippen LogP contribution is 2.32. The lowest BCUT2D eigenvalue weighted by molar-refractivity contribution is -0.111. The number of aryl methyl sites for hydroxylation is 1. The molecule has 1 aliphatic heterocycles. The van der Waals surface area contributed by atoms with Gasteiger partial charge in [0.05, 0.1) is 10.6 Å². The molecule has 1 aliphatic rings. The van der Waals surface area contributed by atoms with Gasteiger partial charge in [-0.25, -0.2) is 13.1 Å². The molecule has 0 saturated heterocycles. The van der Waals surface area contributed by atoms with E-state index in [2.05, 4.69) is 15.2 Å². The van der Waals surface area contributed by atoms with Gasteiger partial charge in [0.1, 0.15) is 0 Å². The maximum Gasteiger partial charge on any atom is 0.264 e. The average Bonchev–Trinajstić information content (AvgIpc) is 3.34. The van der Waals surface area contributed by atoms with Crippen LogP contribution in [0.15, 0.2) is 58.0 Å². The Morgan fingerprint density at radius 2 is 1.81 bits per heavy atom. The molecular formula is C21H19N3O6S. The van der Waals surface area contributed by atoms with Crippen molar-refractivity contribution in [2.75, 3.05) is 16.8 Å². The molecule has 1 amide bonds. The first kappa shape index (κ1) is 20.5. The predicted molar refractivity (Wildman–Crippen MR) is 113 cm³/mol. The Hall–Kier alpha value is -3.79. The first-order valence-electron chi connectivity index (χ1n) is 9.26. The van der Waals surface area contributed by atoms with Crippen LogP contribution in [0.4, 0.5) is 11.6 Å². The van der Waals surface area contributed by atoms with Gasteiger partial charge >= 0.3 is 0 Å². The lowest BCUT2D eigenvalue weighted by atomic mass is 10.2. The molecule has 160 valence electrons. The van der Waals surface area contributed by atoms with Crippen molar-refractivity contribution >= 4 is 33.6 Å². The maximum absolute atomic E-state index is 12.5. The molecule has 0 atom stereocenters. The Labute approximate surface area is 178 Å². The van der Waals surface area contributed by atoms with Gasteiger partial charge in [0, 0.05) is 17.3 Å². The lowest BCUT2D eigenvalue weighted by Crippen LogP contribution is -2.13. The first-order valence-corrected chi connectivity index (χ1v) is 10.7. The number of nitrogens with zero attached hydrogens (tertiary/aromatic N) is 1. The van der Waals surface area contributed by atoms with E-state index in [9.17, 15) is 13.2 Å². The molecule has 0 spiro atoms. The zero-order valence-corrected chi connectivity index (χ0v) is 17.5. The number of ether oxygens (including phenoxy) is 2. The van der Waals surface area contributed by atoms with Crippen LogP contribution in [-0.2, 0) is 14.8 Å². The van der Waals surface area contributed by atoms with Gasteiger partial charge in [-0.2, -0.15) is 0 Å². The van der Waals surface area contributed by atoms with Crippen LogP contribution in [0.3, 0.4) is 0 Å². The second-order valence-corrected chi connectivity index (χ2v) is 8.47. The van der Waals surface area contributed by atoms with E-state index >= 15 is 0 Å². The van der Waals surface area contributed by atoms with Gasteiger partial charge in [0.2, 0.25) is 18.6 Å². The summed E-state index contributed by atoms with van der Waals surface area (Å²) in [6, 6.07) is 11.1. The summed E-state index contributed by atoms with van der Waals surface area (Å²) in [7, 11) is -3.85. The summed E-state index contributed by atoms with van der Waals surface area (Å²) < 4.78 is 43.0. The molecule has 0 saturated carbocycles. The van der Waals surface area contributed by atoms with E-state index in [4.69, 9.17) is 14.0 Å². The van der Waals surface area contributed by atoms with Crippen molar-refractivity contribution in [3.8, 4) is 11.5 Å². The molecule has 0 fully saturated rings. The Kier molecular flexibility index (Phi) is 5.38. The zero-order valence-electron chi connectivity index (χ0n) is 16.7. The molecule has 2 heterocycles. The maximum atomic E-state index is 12.5. The van der Waals surface area contributed by atoms with E-state index in [1.807, 2.05) is 6.07 Å². The first-order chi connectivity index (χ1) is 14.8. The second kappa shape index (κ2) is 8.15. The number of anilines is 2. The molecule has 2 N–H and O–H groups in total. The van der Waals surface area contributed by atoms with Crippen molar-refractivity contribution in [3.05, 3.63) is 65.4 Å². The molecule has 0 bridgehead atoms. The molecule has 3 aromatic rings. The number of aromatic nitrogens is 1. The minimum Gasteiger partial charge on any atom is -0.454 e.